The predicted molar refractivity (Wildman–Crippen MR) is 159 cm³/mol. The van der Waals surface area contributed by atoms with Crippen molar-refractivity contribution < 1.29 is 14.3 Å². The van der Waals surface area contributed by atoms with Gasteiger partial charge in [0.1, 0.15) is 5.75 Å². The van der Waals surface area contributed by atoms with Crippen LogP contribution in [-0.2, 0) is 9.59 Å². The van der Waals surface area contributed by atoms with Crippen molar-refractivity contribution in [1.82, 2.24) is 14.9 Å². The van der Waals surface area contributed by atoms with E-state index in [1.165, 1.54) is 0 Å². The third-order valence-electron chi connectivity index (χ3n) is 8.21. The first-order valence-electron chi connectivity index (χ1n) is 14.2. The number of anilines is 3. The summed E-state index contributed by atoms with van der Waals surface area (Å²) in [7, 11) is 1.64. The van der Waals surface area contributed by atoms with Crippen LogP contribution in [0.3, 0.4) is 0 Å². The summed E-state index contributed by atoms with van der Waals surface area (Å²) in [6, 6.07) is 17.3. The van der Waals surface area contributed by atoms with Crippen LogP contribution in [0, 0.1) is 5.41 Å². The molecule has 9 nitrogen and oxygen atoms in total. The fraction of sp³-hybridized carbons (Fsp3) is 0.375. The molecule has 1 amide bonds. The number of nitrogens with zero attached hydrogens (tertiary/aromatic N) is 5. The molecular weight excluding hydrogens is 516 g/mol. The lowest BCUT2D eigenvalue weighted by Crippen LogP contribution is -2.52. The van der Waals surface area contributed by atoms with Crippen LogP contribution in [0.25, 0.3) is 0 Å². The third kappa shape index (κ3) is 5.36. The number of benzene rings is 2. The molecule has 1 aliphatic carbocycles. The quantitative estimate of drug-likeness (QED) is 0.497. The standard InChI is InChI=1S/C32H36N6O3/c1-32(2)19-25-29(27(39)20-32)30(22-9-11-23(41-3)12-10-22)38(26-8-5-4-7-24(26)35-25)21-28(40)36-15-17-37(18-16-36)31-33-13-6-14-34-31/h4-14,30,35H,15-21H2,1-3H3. The molecule has 3 heterocycles. The molecule has 41 heavy (non-hydrogen) atoms. The van der Waals surface area contributed by atoms with Crippen LogP contribution in [0.2, 0.25) is 0 Å². The van der Waals surface area contributed by atoms with E-state index in [1.54, 1.807) is 25.6 Å². The Labute approximate surface area is 240 Å². The minimum absolute atomic E-state index is 0.0274. The molecular formula is C32H36N6O3. The van der Waals surface area contributed by atoms with E-state index in [4.69, 9.17) is 4.74 Å². The van der Waals surface area contributed by atoms with Crippen LogP contribution in [-0.4, -0.2) is 66.4 Å². The minimum atomic E-state index is -0.418. The van der Waals surface area contributed by atoms with Crippen LogP contribution in [0.1, 0.15) is 38.3 Å². The highest BCUT2D eigenvalue weighted by Gasteiger charge is 2.42. The Morgan fingerprint density at radius 2 is 1.68 bits per heavy atom. The second-order valence-electron chi connectivity index (χ2n) is 11.7. The molecule has 1 fully saturated rings. The molecule has 1 aromatic heterocycles. The van der Waals surface area contributed by atoms with E-state index >= 15 is 0 Å². The van der Waals surface area contributed by atoms with Crippen LogP contribution >= 0.6 is 0 Å². The lowest BCUT2D eigenvalue weighted by atomic mass is 9.73. The highest BCUT2D eigenvalue weighted by molar-refractivity contribution is 6.02. The van der Waals surface area contributed by atoms with E-state index in [2.05, 4.69) is 38.9 Å². The Balaban J connectivity index is 1.36. The number of ketones is 1. The van der Waals surface area contributed by atoms with Crippen molar-refractivity contribution >= 4 is 29.0 Å². The van der Waals surface area contributed by atoms with Gasteiger partial charge in [-0.05, 0) is 47.7 Å². The number of para-hydroxylation sites is 2. The summed E-state index contributed by atoms with van der Waals surface area (Å²) in [5.74, 6) is 1.57. The molecule has 0 saturated carbocycles. The Morgan fingerprint density at radius 1 is 0.976 bits per heavy atom. The number of ether oxygens (including phenoxy) is 1. The van der Waals surface area contributed by atoms with Gasteiger partial charge in [-0.2, -0.15) is 0 Å². The average molecular weight is 553 g/mol. The van der Waals surface area contributed by atoms with E-state index in [0.29, 0.717) is 38.5 Å². The normalized spacial score (nSPS) is 20.1. The van der Waals surface area contributed by atoms with E-state index < -0.39 is 6.04 Å². The predicted octanol–water partition coefficient (Wildman–Crippen LogP) is 4.45. The van der Waals surface area contributed by atoms with Crippen LogP contribution in [0.5, 0.6) is 5.75 Å². The number of carbonyl (C=O) groups excluding carboxylic acids is 2. The summed E-state index contributed by atoms with van der Waals surface area (Å²) >= 11 is 0. The van der Waals surface area contributed by atoms with E-state index in [9.17, 15) is 9.59 Å². The fourth-order valence-corrected chi connectivity index (χ4v) is 6.22. The molecule has 3 aliphatic rings. The number of nitrogens with one attached hydrogen (secondary N) is 1. The zero-order valence-electron chi connectivity index (χ0n) is 23.8. The van der Waals surface area contributed by atoms with E-state index in [1.807, 2.05) is 53.4 Å². The molecule has 9 heteroatoms. The van der Waals surface area contributed by atoms with Crippen molar-refractivity contribution in [2.45, 2.75) is 32.7 Å². The molecule has 1 unspecified atom stereocenters. The zero-order chi connectivity index (χ0) is 28.6. The maximum Gasteiger partial charge on any atom is 0.242 e. The van der Waals surface area contributed by atoms with Gasteiger partial charge >= 0.3 is 0 Å². The highest BCUT2D eigenvalue weighted by Crippen LogP contribution is 2.48. The Bertz CT molecular complexity index is 1460. The highest BCUT2D eigenvalue weighted by atomic mass is 16.5. The van der Waals surface area contributed by atoms with Crippen molar-refractivity contribution in [2.75, 3.05) is 55.0 Å². The SMILES string of the molecule is COc1ccc(C2C3=C(CC(C)(C)CC3=O)Nc3ccccc3N2CC(=O)N2CCN(c3ncccn3)CC2)cc1. The fourth-order valence-electron chi connectivity index (χ4n) is 6.22. The first-order chi connectivity index (χ1) is 19.8. The van der Waals surface area contributed by atoms with Gasteiger partial charge in [0.15, 0.2) is 5.78 Å². The molecule has 0 bridgehead atoms. The number of aromatic nitrogens is 2. The van der Waals surface area contributed by atoms with Crippen molar-refractivity contribution in [1.29, 1.82) is 0 Å². The van der Waals surface area contributed by atoms with Crippen LogP contribution < -0.4 is 19.9 Å². The van der Waals surface area contributed by atoms with Gasteiger partial charge < -0.3 is 24.8 Å². The van der Waals surface area contributed by atoms with Gasteiger partial charge in [0.25, 0.3) is 0 Å². The summed E-state index contributed by atoms with van der Waals surface area (Å²) < 4.78 is 5.43. The summed E-state index contributed by atoms with van der Waals surface area (Å²) in [4.78, 5) is 42.7. The first kappa shape index (κ1) is 26.8. The van der Waals surface area contributed by atoms with Gasteiger partial charge in [0.2, 0.25) is 11.9 Å². The topological polar surface area (TPSA) is 90.9 Å². The second kappa shape index (κ2) is 10.9. The molecule has 212 valence electrons. The Morgan fingerprint density at radius 3 is 2.39 bits per heavy atom. The number of fused-ring (bicyclic) bond motifs is 1. The van der Waals surface area contributed by atoms with Gasteiger partial charge in [-0.15, -0.1) is 0 Å². The summed E-state index contributed by atoms with van der Waals surface area (Å²) in [6.07, 6.45) is 4.68. The average Bonchev–Trinajstić information content (AvgIpc) is 3.11. The number of Topliss-reactive ketones (excluding diaryl/α,β-unsaturated/α-hetero) is 1. The van der Waals surface area contributed by atoms with Gasteiger partial charge in [-0.25, -0.2) is 9.97 Å². The zero-order valence-corrected chi connectivity index (χ0v) is 23.8. The third-order valence-corrected chi connectivity index (χ3v) is 8.21. The molecule has 1 N–H and O–H groups in total. The Hall–Kier alpha value is -4.40. The number of amides is 1. The van der Waals surface area contributed by atoms with Crippen molar-refractivity contribution in [3.05, 3.63) is 83.8 Å². The number of hydrogen-bond donors (Lipinski definition) is 1. The van der Waals surface area contributed by atoms with E-state index in [-0.39, 0.29) is 23.7 Å². The van der Waals surface area contributed by atoms with Gasteiger partial charge in [0, 0.05) is 56.3 Å². The minimum Gasteiger partial charge on any atom is -0.497 e. The number of methoxy groups -OCH3 is 1. The lowest BCUT2D eigenvalue weighted by Gasteiger charge is -2.40. The molecule has 1 atom stereocenters. The largest absolute Gasteiger partial charge is 0.497 e. The van der Waals surface area contributed by atoms with Crippen molar-refractivity contribution in [3.63, 3.8) is 0 Å². The molecule has 2 aromatic carbocycles. The second-order valence-corrected chi connectivity index (χ2v) is 11.7. The van der Waals surface area contributed by atoms with Gasteiger partial charge in [-0.1, -0.05) is 38.1 Å². The number of rotatable bonds is 5. The molecule has 3 aromatic rings. The smallest absolute Gasteiger partial charge is 0.242 e. The monoisotopic (exact) mass is 552 g/mol. The van der Waals surface area contributed by atoms with E-state index in [0.717, 1.165) is 40.4 Å². The maximum atomic E-state index is 13.9. The lowest BCUT2D eigenvalue weighted by molar-refractivity contribution is -0.130. The number of carbonyl (C=O) groups is 2. The number of allylic oxidation sites excluding steroid dienone is 1. The maximum absolute atomic E-state index is 13.9. The summed E-state index contributed by atoms with van der Waals surface area (Å²) in [5.41, 5.74) is 4.27. The number of hydrogen-bond acceptors (Lipinski definition) is 8. The van der Waals surface area contributed by atoms with Crippen molar-refractivity contribution in [2.24, 2.45) is 5.41 Å². The Kier molecular flexibility index (Phi) is 7.11. The summed E-state index contributed by atoms with van der Waals surface area (Å²) in [5, 5.41) is 3.62. The molecule has 6 rings (SSSR count). The van der Waals surface area contributed by atoms with Gasteiger partial charge in [-0.3, -0.25) is 9.59 Å². The van der Waals surface area contributed by atoms with Crippen molar-refractivity contribution in [3.8, 4) is 5.75 Å². The molecule has 0 radical (unpaired) electrons. The van der Waals surface area contributed by atoms with Crippen LogP contribution in [0.4, 0.5) is 17.3 Å². The molecule has 1 saturated heterocycles. The van der Waals surface area contributed by atoms with Gasteiger partial charge in [0.05, 0.1) is 31.1 Å². The number of piperazine rings is 1. The molecule has 0 spiro atoms. The first-order valence-corrected chi connectivity index (χ1v) is 14.2. The van der Waals surface area contributed by atoms with Crippen LogP contribution in [0.15, 0.2) is 78.3 Å². The molecule has 2 aliphatic heterocycles. The summed E-state index contributed by atoms with van der Waals surface area (Å²) in [6.45, 7) is 6.91.